The molecule has 17 heavy (non-hydrogen) atoms. The second-order valence-electron chi connectivity index (χ2n) is 3.75. The van der Waals surface area contributed by atoms with Crippen molar-refractivity contribution < 1.29 is 9.13 Å². The van der Waals surface area contributed by atoms with Crippen LogP contribution in [0.25, 0.3) is 0 Å². The summed E-state index contributed by atoms with van der Waals surface area (Å²) in [6, 6.07) is 12.2. The lowest BCUT2D eigenvalue weighted by Crippen LogP contribution is -2.00. The first-order chi connectivity index (χ1) is 8.18. The summed E-state index contributed by atoms with van der Waals surface area (Å²) in [5.74, 6) is 0.401. The maximum atomic E-state index is 13.5. The zero-order chi connectivity index (χ0) is 12.3. The third kappa shape index (κ3) is 2.77. The summed E-state index contributed by atoms with van der Waals surface area (Å²) in [7, 11) is 0. The van der Waals surface area contributed by atoms with Crippen LogP contribution in [0.4, 0.5) is 4.39 Å². The van der Waals surface area contributed by atoms with Gasteiger partial charge in [-0.05, 0) is 30.7 Å². The third-order valence-corrected chi connectivity index (χ3v) is 2.88. The number of rotatable bonds is 3. The summed E-state index contributed by atoms with van der Waals surface area (Å²) in [4.78, 5) is 0. The van der Waals surface area contributed by atoms with E-state index in [0.29, 0.717) is 10.6 Å². The van der Waals surface area contributed by atoms with Gasteiger partial charge in [0.1, 0.15) is 18.2 Å². The first kappa shape index (κ1) is 11.9. The molecular formula is C14H12ClFO. The van der Waals surface area contributed by atoms with Gasteiger partial charge in [0, 0.05) is 5.56 Å². The highest BCUT2D eigenvalue weighted by molar-refractivity contribution is 6.31. The first-order valence-electron chi connectivity index (χ1n) is 5.30. The van der Waals surface area contributed by atoms with Crippen molar-refractivity contribution >= 4 is 11.6 Å². The van der Waals surface area contributed by atoms with Crippen molar-refractivity contribution in [3.05, 3.63) is 64.4 Å². The molecule has 3 heteroatoms. The number of halogens is 2. The van der Waals surface area contributed by atoms with Gasteiger partial charge < -0.3 is 4.74 Å². The molecule has 0 saturated heterocycles. The molecule has 0 unspecified atom stereocenters. The Morgan fingerprint density at radius 2 is 1.88 bits per heavy atom. The molecule has 0 fully saturated rings. The van der Waals surface area contributed by atoms with E-state index in [9.17, 15) is 4.39 Å². The van der Waals surface area contributed by atoms with Crippen molar-refractivity contribution in [2.75, 3.05) is 0 Å². The van der Waals surface area contributed by atoms with Crippen LogP contribution < -0.4 is 4.74 Å². The lowest BCUT2D eigenvalue weighted by molar-refractivity contribution is 0.298. The van der Waals surface area contributed by atoms with E-state index in [-0.39, 0.29) is 12.4 Å². The molecule has 0 aromatic heterocycles. The van der Waals surface area contributed by atoms with Gasteiger partial charge in [-0.3, -0.25) is 0 Å². The van der Waals surface area contributed by atoms with E-state index in [1.165, 1.54) is 6.07 Å². The van der Waals surface area contributed by atoms with E-state index in [0.717, 1.165) is 11.3 Å². The Labute approximate surface area is 105 Å². The van der Waals surface area contributed by atoms with E-state index in [1.54, 1.807) is 12.1 Å². The number of hydrogen-bond donors (Lipinski definition) is 0. The molecule has 0 atom stereocenters. The van der Waals surface area contributed by atoms with Crippen molar-refractivity contribution in [2.24, 2.45) is 0 Å². The molecule has 0 spiro atoms. The fourth-order valence-electron chi connectivity index (χ4n) is 1.54. The minimum Gasteiger partial charge on any atom is -0.488 e. The fourth-order valence-corrected chi connectivity index (χ4v) is 1.76. The lowest BCUT2D eigenvalue weighted by Gasteiger charge is -2.10. The summed E-state index contributed by atoms with van der Waals surface area (Å²) in [5, 5.41) is 0.388. The van der Waals surface area contributed by atoms with E-state index >= 15 is 0 Å². The molecular weight excluding hydrogens is 239 g/mol. The Bertz CT molecular complexity index is 505. The van der Waals surface area contributed by atoms with Crippen molar-refractivity contribution in [3.63, 3.8) is 0 Å². The molecule has 1 nitrogen and oxygen atoms in total. The Hall–Kier alpha value is -1.54. The molecule has 88 valence electrons. The van der Waals surface area contributed by atoms with Crippen LogP contribution in [-0.4, -0.2) is 0 Å². The number of benzene rings is 2. The molecule has 0 aliphatic carbocycles. The highest BCUT2D eigenvalue weighted by atomic mass is 35.5. The number of ether oxygens (including phenoxy) is 1. The quantitative estimate of drug-likeness (QED) is 0.786. The minimum absolute atomic E-state index is 0.135. The molecule has 2 aromatic rings. The van der Waals surface area contributed by atoms with E-state index in [4.69, 9.17) is 16.3 Å². The molecule has 0 bridgehead atoms. The van der Waals surface area contributed by atoms with Gasteiger partial charge in [-0.2, -0.15) is 0 Å². The molecule has 0 saturated carbocycles. The van der Waals surface area contributed by atoms with Gasteiger partial charge in [-0.25, -0.2) is 4.39 Å². The van der Waals surface area contributed by atoms with Crippen molar-refractivity contribution in [1.82, 2.24) is 0 Å². The standard InChI is InChI=1S/C14H12ClFO/c1-10-5-2-3-8-14(10)17-9-11-12(15)6-4-7-13(11)16/h2-8H,9H2,1H3. The van der Waals surface area contributed by atoms with Crippen LogP contribution in [0, 0.1) is 12.7 Å². The smallest absolute Gasteiger partial charge is 0.131 e. The van der Waals surface area contributed by atoms with Crippen molar-refractivity contribution in [2.45, 2.75) is 13.5 Å². The van der Waals surface area contributed by atoms with Gasteiger partial charge in [0.05, 0.1) is 5.02 Å². The van der Waals surface area contributed by atoms with Crippen LogP contribution in [0.3, 0.4) is 0 Å². The van der Waals surface area contributed by atoms with E-state index in [1.807, 2.05) is 31.2 Å². The molecule has 0 N–H and O–H groups in total. The van der Waals surface area contributed by atoms with Gasteiger partial charge in [0.15, 0.2) is 0 Å². The molecule has 0 aliphatic rings. The summed E-state index contributed by atoms with van der Waals surface area (Å²) in [6.45, 7) is 2.08. The summed E-state index contributed by atoms with van der Waals surface area (Å²) < 4.78 is 19.0. The second kappa shape index (κ2) is 5.19. The van der Waals surface area contributed by atoms with Gasteiger partial charge in [-0.15, -0.1) is 0 Å². The molecule has 2 rings (SSSR count). The first-order valence-corrected chi connectivity index (χ1v) is 5.67. The van der Waals surface area contributed by atoms with E-state index < -0.39 is 0 Å². The lowest BCUT2D eigenvalue weighted by atomic mass is 10.2. The average Bonchev–Trinajstić information content (AvgIpc) is 2.30. The second-order valence-corrected chi connectivity index (χ2v) is 4.16. The van der Waals surface area contributed by atoms with Crippen LogP contribution in [0.5, 0.6) is 5.75 Å². The summed E-state index contributed by atoms with van der Waals surface area (Å²) >= 11 is 5.92. The minimum atomic E-state index is -0.342. The maximum absolute atomic E-state index is 13.5. The van der Waals surface area contributed by atoms with Gasteiger partial charge in [0.2, 0.25) is 0 Å². The highest BCUT2D eigenvalue weighted by Gasteiger charge is 2.08. The average molecular weight is 251 g/mol. The van der Waals surface area contributed by atoms with Crippen LogP contribution in [0.2, 0.25) is 5.02 Å². The molecule has 0 heterocycles. The Balaban J connectivity index is 2.16. The van der Waals surface area contributed by atoms with Crippen LogP contribution in [0.1, 0.15) is 11.1 Å². The van der Waals surface area contributed by atoms with Gasteiger partial charge >= 0.3 is 0 Å². The van der Waals surface area contributed by atoms with Crippen LogP contribution >= 0.6 is 11.6 Å². The Kier molecular flexibility index (Phi) is 3.64. The number of hydrogen-bond acceptors (Lipinski definition) is 1. The topological polar surface area (TPSA) is 9.23 Å². The normalized spacial score (nSPS) is 10.3. The molecule has 0 aliphatic heterocycles. The van der Waals surface area contributed by atoms with Crippen molar-refractivity contribution in [1.29, 1.82) is 0 Å². The summed E-state index contributed by atoms with van der Waals surface area (Å²) in [5.41, 5.74) is 1.40. The van der Waals surface area contributed by atoms with Gasteiger partial charge in [0.25, 0.3) is 0 Å². The van der Waals surface area contributed by atoms with Crippen LogP contribution in [0.15, 0.2) is 42.5 Å². The van der Waals surface area contributed by atoms with Crippen LogP contribution in [-0.2, 0) is 6.61 Å². The fraction of sp³-hybridized carbons (Fsp3) is 0.143. The SMILES string of the molecule is Cc1ccccc1OCc1c(F)cccc1Cl. The predicted molar refractivity (Wildman–Crippen MR) is 66.9 cm³/mol. The maximum Gasteiger partial charge on any atom is 0.131 e. The number of aryl methyl sites for hydroxylation is 1. The zero-order valence-electron chi connectivity index (χ0n) is 9.41. The molecule has 0 amide bonds. The summed E-state index contributed by atoms with van der Waals surface area (Å²) in [6.07, 6.45) is 0. The van der Waals surface area contributed by atoms with Gasteiger partial charge in [-0.1, -0.05) is 35.9 Å². The molecule has 2 aromatic carbocycles. The number of para-hydroxylation sites is 1. The monoisotopic (exact) mass is 250 g/mol. The predicted octanol–water partition coefficient (Wildman–Crippen LogP) is 4.37. The van der Waals surface area contributed by atoms with E-state index in [2.05, 4.69) is 0 Å². The Morgan fingerprint density at radius 3 is 2.59 bits per heavy atom. The Morgan fingerprint density at radius 1 is 1.12 bits per heavy atom. The van der Waals surface area contributed by atoms with Crippen molar-refractivity contribution in [3.8, 4) is 5.75 Å². The highest BCUT2D eigenvalue weighted by Crippen LogP contribution is 2.23. The molecule has 0 radical (unpaired) electrons. The third-order valence-electron chi connectivity index (χ3n) is 2.53. The zero-order valence-corrected chi connectivity index (χ0v) is 10.2. The largest absolute Gasteiger partial charge is 0.488 e.